The van der Waals surface area contributed by atoms with Crippen LogP contribution >= 0.6 is 0 Å². The minimum atomic E-state index is -0.727. The molecule has 182 valence electrons. The zero-order valence-electron chi connectivity index (χ0n) is 19.9. The number of carbonyl (C=O) groups is 2. The Bertz CT molecular complexity index is 1480. The molecule has 1 heterocycles. The number of hydrogen-bond acceptors (Lipinski definition) is 7. The minimum Gasteiger partial charge on any atom is -0.497 e. The molecule has 1 aromatic heterocycles. The number of carbonyl (C=O) groups excluding carboxylic acids is 2. The van der Waals surface area contributed by atoms with E-state index in [-0.39, 0.29) is 11.4 Å². The number of benzene rings is 3. The summed E-state index contributed by atoms with van der Waals surface area (Å²) < 4.78 is 10.4. The number of rotatable bonds is 7. The largest absolute Gasteiger partial charge is 0.497 e. The summed E-state index contributed by atoms with van der Waals surface area (Å²) in [6.07, 6.45) is 0. The average molecular weight is 485 g/mol. The number of esters is 1. The van der Waals surface area contributed by atoms with E-state index >= 15 is 0 Å². The lowest BCUT2D eigenvalue weighted by atomic mass is 9.97. The number of amides is 1. The van der Waals surface area contributed by atoms with E-state index in [4.69, 9.17) is 14.5 Å². The van der Waals surface area contributed by atoms with Crippen LogP contribution in [0.4, 0.5) is 11.4 Å². The van der Waals surface area contributed by atoms with E-state index < -0.39 is 23.4 Å². The first-order valence-electron chi connectivity index (χ1n) is 11.0. The lowest BCUT2D eigenvalue weighted by Gasteiger charge is -2.14. The molecule has 9 nitrogen and oxygen atoms in total. The third-order valence-electron chi connectivity index (χ3n) is 5.67. The molecule has 0 saturated heterocycles. The van der Waals surface area contributed by atoms with Crippen LogP contribution in [0.15, 0.2) is 66.7 Å². The van der Waals surface area contributed by atoms with Crippen LogP contribution in [-0.2, 0) is 9.53 Å². The van der Waals surface area contributed by atoms with E-state index in [9.17, 15) is 19.7 Å². The first-order valence-corrected chi connectivity index (χ1v) is 11.0. The summed E-state index contributed by atoms with van der Waals surface area (Å²) in [5.41, 5.74) is 3.74. The molecule has 4 aromatic rings. The predicted octanol–water partition coefficient (Wildman–Crippen LogP) is 5.23. The van der Waals surface area contributed by atoms with Gasteiger partial charge in [0.15, 0.2) is 6.61 Å². The molecule has 0 fully saturated rings. The number of methoxy groups -OCH3 is 1. The SMILES string of the molecule is COc1ccc([N+](=O)[O-])c(NC(=O)COC(=O)c2c(C)c(-c3ccc(C)cc3)nc3ccccc23)c1. The molecule has 1 amide bonds. The number of para-hydroxylation sites is 1. The highest BCUT2D eigenvalue weighted by molar-refractivity contribution is 6.07. The Kier molecular flexibility index (Phi) is 6.91. The van der Waals surface area contributed by atoms with Crippen LogP contribution in [0.3, 0.4) is 0 Å². The predicted molar refractivity (Wildman–Crippen MR) is 135 cm³/mol. The van der Waals surface area contributed by atoms with Crippen molar-refractivity contribution in [3.05, 3.63) is 93.5 Å². The molecule has 9 heteroatoms. The average Bonchev–Trinajstić information content (AvgIpc) is 2.87. The fourth-order valence-corrected chi connectivity index (χ4v) is 3.85. The van der Waals surface area contributed by atoms with Gasteiger partial charge >= 0.3 is 5.97 Å². The van der Waals surface area contributed by atoms with Crippen LogP contribution in [0, 0.1) is 24.0 Å². The smallest absolute Gasteiger partial charge is 0.339 e. The van der Waals surface area contributed by atoms with E-state index in [1.807, 2.05) is 37.3 Å². The number of hydrogen-bond donors (Lipinski definition) is 1. The number of nitrogens with one attached hydrogen (secondary N) is 1. The quantitative estimate of drug-likeness (QED) is 0.216. The van der Waals surface area contributed by atoms with Crippen LogP contribution < -0.4 is 10.1 Å². The first-order chi connectivity index (χ1) is 17.3. The van der Waals surface area contributed by atoms with Crippen molar-refractivity contribution < 1.29 is 24.0 Å². The third-order valence-corrected chi connectivity index (χ3v) is 5.67. The van der Waals surface area contributed by atoms with Crippen molar-refractivity contribution in [1.82, 2.24) is 4.98 Å². The fourth-order valence-electron chi connectivity index (χ4n) is 3.85. The Morgan fingerprint density at radius 2 is 1.75 bits per heavy atom. The highest BCUT2D eigenvalue weighted by Crippen LogP contribution is 2.31. The second kappa shape index (κ2) is 10.2. The maximum atomic E-state index is 13.2. The number of aryl methyl sites for hydroxylation is 1. The summed E-state index contributed by atoms with van der Waals surface area (Å²) in [6.45, 7) is 3.13. The molecule has 0 unspecified atom stereocenters. The first kappa shape index (κ1) is 24.3. The van der Waals surface area contributed by atoms with Gasteiger partial charge < -0.3 is 14.8 Å². The normalized spacial score (nSPS) is 10.6. The van der Waals surface area contributed by atoms with Crippen LogP contribution in [0.2, 0.25) is 0 Å². The number of ether oxygens (including phenoxy) is 2. The molecule has 0 atom stereocenters. The molecule has 0 spiro atoms. The molecular weight excluding hydrogens is 462 g/mol. The van der Waals surface area contributed by atoms with Gasteiger partial charge in [0.05, 0.1) is 28.8 Å². The van der Waals surface area contributed by atoms with Gasteiger partial charge in [-0.15, -0.1) is 0 Å². The number of nitrogens with zero attached hydrogens (tertiary/aromatic N) is 2. The molecule has 0 aliphatic rings. The van der Waals surface area contributed by atoms with E-state index in [2.05, 4.69) is 5.32 Å². The summed E-state index contributed by atoms with van der Waals surface area (Å²) in [5.74, 6) is -1.10. The van der Waals surface area contributed by atoms with Gasteiger partial charge in [-0.3, -0.25) is 14.9 Å². The van der Waals surface area contributed by atoms with Crippen molar-refractivity contribution in [3.63, 3.8) is 0 Å². The van der Waals surface area contributed by atoms with E-state index in [0.717, 1.165) is 11.1 Å². The lowest BCUT2D eigenvalue weighted by molar-refractivity contribution is -0.383. The van der Waals surface area contributed by atoms with Gasteiger partial charge in [0.1, 0.15) is 11.4 Å². The Balaban J connectivity index is 1.61. The maximum absolute atomic E-state index is 13.2. The van der Waals surface area contributed by atoms with Gasteiger partial charge in [-0.25, -0.2) is 9.78 Å². The van der Waals surface area contributed by atoms with Crippen molar-refractivity contribution in [2.45, 2.75) is 13.8 Å². The monoisotopic (exact) mass is 485 g/mol. The zero-order valence-corrected chi connectivity index (χ0v) is 19.9. The van der Waals surface area contributed by atoms with Crippen LogP contribution in [0.5, 0.6) is 5.75 Å². The summed E-state index contributed by atoms with van der Waals surface area (Å²) in [6, 6.07) is 18.9. The van der Waals surface area contributed by atoms with Gasteiger partial charge in [0, 0.05) is 23.1 Å². The van der Waals surface area contributed by atoms with E-state index in [1.54, 1.807) is 25.1 Å². The molecule has 1 N–H and O–H groups in total. The zero-order chi connectivity index (χ0) is 25.8. The van der Waals surface area contributed by atoms with E-state index in [0.29, 0.717) is 33.5 Å². The maximum Gasteiger partial charge on any atom is 0.339 e. The van der Waals surface area contributed by atoms with Gasteiger partial charge in [0.2, 0.25) is 0 Å². The van der Waals surface area contributed by atoms with Crippen LogP contribution in [-0.4, -0.2) is 35.5 Å². The second-order valence-electron chi connectivity index (χ2n) is 8.11. The number of pyridine rings is 1. The summed E-state index contributed by atoms with van der Waals surface area (Å²) >= 11 is 0. The molecule has 0 bridgehead atoms. The Hall–Kier alpha value is -4.79. The van der Waals surface area contributed by atoms with Crippen molar-refractivity contribution >= 4 is 34.2 Å². The fraction of sp³-hybridized carbons (Fsp3) is 0.148. The van der Waals surface area contributed by atoms with Crippen molar-refractivity contribution in [2.24, 2.45) is 0 Å². The number of aromatic nitrogens is 1. The lowest BCUT2D eigenvalue weighted by Crippen LogP contribution is -2.22. The van der Waals surface area contributed by atoms with Crippen molar-refractivity contribution in [1.29, 1.82) is 0 Å². The van der Waals surface area contributed by atoms with Crippen LogP contribution in [0.25, 0.3) is 22.2 Å². The topological polar surface area (TPSA) is 121 Å². The van der Waals surface area contributed by atoms with Gasteiger partial charge in [-0.1, -0.05) is 48.0 Å². The highest BCUT2D eigenvalue weighted by atomic mass is 16.6. The minimum absolute atomic E-state index is 0.0624. The number of nitro benzene ring substituents is 1. The van der Waals surface area contributed by atoms with Gasteiger partial charge in [-0.2, -0.15) is 0 Å². The van der Waals surface area contributed by atoms with Gasteiger partial charge in [-0.05, 0) is 31.5 Å². The molecular formula is C27H23N3O6. The Morgan fingerprint density at radius 1 is 1.03 bits per heavy atom. The van der Waals surface area contributed by atoms with Crippen molar-refractivity contribution in [2.75, 3.05) is 19.0 Å². The highest BCUT2D eigenvalue weighted by Gasteiger charge is 2.22. The third kappa shape index (κ3) is 5.00. The summed E-state index contributed by atoms with van der Waals surface area (Å²) in [4.78, 5) is 41.1. The van der Waals surface area contributed by atoms with Gasteiger partial charge in [0.25, 0.3) is 11.6 Å². The molecule has 36 heavy (non-hydrogen) atoms. The van der Waals surface area contributed by atoms with E-state index in [1.165, 1.54) is 25.3 Å². The molecule has 3 aromatic carbocycles. The van der Waals surface area contributed by atoms with Crippen molar-refractivity contribution in [3.8, 4) is 17.0 Å². The second-order valence-corrected chi connectivity index (χ2v) is 8.11. The molecule has 0 radical (unpaired) electrons. The Morgan fingerprint density at radius 3 is 2.44 bits per heavy atom. The summed E-state index contributed by atoms with van der Waals surface area (Å²) in [5, 5.41) is 14.3. The number of fused-ring (bicyclic) bond motifs is 1. The Labute approximate surface area is 206 Å². The number of anilines is 1. The standard InChI is InChI=1S/C27H23N3O6/c1-16-8-10-18(11-9-16)26-17(2)25(20-6-4-5-7-21(20)29-26)27(32)36-15-24(31)28-22-14-19(35-3)12-13-23(22)30(33)34/h4-14H,15H2,1-3H3,(H,28,31). The molecule has 0 saturated carbocycles. The molecule has 4 rings (SSSR count). The number of nitro groups is 1. The van der Waals surface area contributed by atoms with Crippen LogP contribution in [0.1, 0.15) is 21.5 Å². The summed E-state index contributed by atoms with van der Waals surface area (Å²) in [7, 11) is 1.40. The molecule has 0 aliphatic heterocycles. The molecule has 0 aliphatic carbocycles.